The first-order valence-electron chi connectivity index (χ1n) is 7.66. The third-order valence-electron chi connectivity index (χ3n) is 3.81. The Morgan fingerprint density at radius 1 is 1.16 bits per heavy atom. The van der Waals surface area contributed by atoms with E-state index in [4.69, 9.17) is 0 Å². The molecule has 0 saturated carbocycles. The van der Waals surface area contributed by atoms with Crippen molar-refractivity contribution in [3.05, 3.63) is 54.1 Å². The number of nitrogens with one attached hydrogen (secondary N) is 1. The molecular weight excluding hydrogens is 340 g/mol. The highest BCUT2D eigenvalue weighted by Crippen LogP contribution is 2.33. The second kappa shape index (κ2) is 6.98. The van der Waals surface area contributed by atoms with Crippen molar-refractivity contribution in [2.24, 2.45) is 0 Å². The molecule has 1 unspecified atom stereocenters. The SMILES string of the molecule is CC(Sc1ccccc1C(=O)O)C(=O)N1CC(=O)Nc2ccccc21. The maximum atomic E-state index is 12.9. The highest BCUT2D eigenvalue weighted by molar-refractivity contribution is 8.00. The minimum atomic E-state index is -1.04. The van der Waals surface area contributed by atoms with Gasteiger partial charge in [-0.25, -0.2) is 4.79 Å². The van der Waals surface area contributed by atoms with Crippen LogP contribution in [0.25, 0.3) is 0 Å². The van der Waals surface area contributed by atoms with Gasteiger partial charge in [-0.3, -0.25) is 14.5 Å². The lowest BCUT2D eigenvalue weighted by Crippen LogP contribution is -2.45. The fraction of sp³-hybridized carbons (Fsp3) is 0.167. The molecule has 0 radical (unpaired) electrons. The van der Waals surface area contributed by atoms with Crippen molar-refractivity contribution >= 4 is 40.9 Å². The van der Waals surface area contributed by atoms with E-state index in [1.54, 1.807) is 49.4 Å². The molecule has 0 aromatic heterocycles. The van der Waals surface area contributed by atoms with Gasteiger partial charge in [-0.2, -0.15) is 0 Å². The molecule has 0 bridgehead atoms. The number of nitrogens with zero attached hydrogens (tertiary/aromatic N) is 1. The average Bonchev–Trinajstić information content (AvgIpc) is 2.60. The molecule has 1 aliphatic heterocycles. The lowest BCUT2D eigenvalue weighted by molar-refractivity contribution is -0.121. The summed E-state index contributed by atoms with van der Waals surface area (Å²) in [6.07, 6.45) is 0. The van der Waals surface area contributed by atoms with Crippen LogP contribution in [0, 0.1) is 0 Å². The van der Waals surface area contributed by atoms with E-state index >= 15 is 0 Å². The highest BCUT2D eigenvalue weighted by Gasteiger charge is 2.30. The largest absolute Gasteiger partial charge is 0.478 e. The van der Waals surface area contributed by atoms with Gasteiger partial charge in [0.1, 0.15) is 6.54 Å². The number of carboxylic acids is 1. The Morgan fingerprint density at radius 2 is 1.84 bits per heavy atom. The molecule has 25 heavy (non-hydrogen) atoms. The molecule has 2 aromatic rings. The maximum absolute atomic E-state index is 12.9. The van der Waals surface area contributed by atoms with E-state index < -0.39 is 11.2 Å². The van der Waals surface area contributed by atoms with Crippen LogP contribution in [0.2, 0.25) is 0 Å². The summed E-state index contributed by atoms with van der Waals surface area (Å²) in [6, 6.07) is 13.7. The zero-order valence-electron chi connectivity index (χ0n) is 13.4. The van der Waals surface area contributed by atoms with E-state index in [2.05, 4.69) is 5.32 Å². The number of para-hydroxylation sites is 2. The molecule has 1 atom stereocenters. The van der Waals surface area contributed by atoms with Gasteiger partial charge in [0.05, 0.1) is 22.2 Å². The summed E-state index contributed by atoms with van der Waals surface area (Å²) in [4.78, 5) is 38.0. The van der Waals surface area contributed by atoms with Crippen molar-refractivity contribution in [1.29, 1.82) is 0 Å². The van der Waals surface area contributed by atoms with Crippen molar-refractivity contribution in [2.45, 2.75) is 17.1 Å². The second-order valence-corrected chi connectivity index (χ2v) is 6.93. The van der Waals surface area contributed by atoms with Gasteiger partial charge >= 0.3 is 5.97 Å². The van der Waals surface area contributed by atoms with Gasteiger partial charge < -0.3 is 10.4 Å². The van der Waals surface area contributed by atoms with Crippen molar-refractivity contribution in [2.75, 3.05) is 16.8 Å². The van der Waals surface area contributed by atoms with Crippen LogP contribution in [0.3, 0.4) is 0 Å². The van der Waals surface area contributed by atoms with E-state index in [0.717, 1.165) is 0 Å². The maximum Gasteiger partial charge on any atom is 0.336 e. The number of carbonyl (C=O) groups excluding carboxylic acids is 2. The molecule has 1 aliphatic rings. The minimum absolute atomic E-state index is 0.0542. The van der Waals surface area contributed by atoms with Gasteiger partial charge in [0, 0.05) is 4.90 Å². The van der Waals surface area contributed by atoms with E-state index in [0.29, 0.717) is 16.3 Å². The summed E-state index contributed by atoms with van der Waals surface area (Å²) >= 11 is 1.17. The number of benzene rings is 2. The van der Waals surface area contributed by atoms with Crippen molar-refractivity contribution in [1.82, 2.24) is 0 Å². The first kappa shape index (κ1) is 17.0. The Morgan fingerprint density at radius 3 is 2.60 bits per heavy atom. The molecule has 128 valence electrons. The molecule has 2 N–H and O–H groups in total. The van der Waals surface area contributed by atoms with Crippen LogP contribution in [-0.4, -0.2) is 34.7 Å². The van der Waals surface area contributed by atoms with Gasteiger partial charge in [-0.15, -0.1) is 11.8 Å². The molecule has 0 spiro atoms. The normalized spacial score (nSPS) is 14.4. The molecule has 0 aliphatic carbocycles. The van der Waals surface area contributed by atoms with Gasteiger partial charge in [0.15, 0.2) is 0 Å². The number of fused-ring (bicyclic) bond motifs is 1. The summed E-state index contributed by atoms with van der Waals surface area (Å²) < 4.78 is 0. The fourth-order valence-electron chi connectivity index (χ4n) is 2.64. The number of rotatable bonds is 4. The van der Waals surface area contributed by atoms with Gasteiger partial charge in [-0.05, 0) is 31.2 Å². The first-order valence-corrected chi connectivity index (χ1v) is 8.54. The van der Waals surface area contributed by atoms with Crippen LogP contribution in [0.1, 0.15) is 17.3 Å². The number of carbonyl (C=O) groups is 3. The number of hydrogen-bond donors (Lipinski definition) is 2. The van der Waals surface area contributed by atoms with Gasteiger partial charge in [0.25, 0.3) is 0 Å². The predicted octanol–water partition coefficient (Wildman–Crippen LogP) is 2.85. The van der Waals surface area contributed by atoms with Crippen LogP contribution in [0.4, 0.5) is 11.4 Å². The third kappa shape index (κ3) is 3.51. The molecule has 0 fully saturated rings. The van der Waals surface area contributed by atoms with Gasteiger partial charge in [0.2, 0.25) is 11.8 Å². The number of aromatic carboxylic acids is 1. The number of amides is 2. The highest BCUT2D eigenvalue weighted by atomic mass is 32.2. The zero-order valence-corrected chi connectivity index (χ0v) is 14.2. The standard InChI is InChI=1S/C18H16N2O4S/c1-11(25-15-9-5-2-6-12(15)18(23)24)17(22)20-10-16(21)19-13-7-3-4-8-14(13)20/h2-9,11H,10H2,1H3,(H,19,21)(H,23,24). The summed E-state index contributed by atoms with van der Waals surface area (Å²) in [6.45, 7) is 1.65. The zero-order chi connectivity index (χ0) is 18.0. The predicted molar refractivity (Wildman–Crippen MR) is 96.1 cm³/mol. The Hall–Kier alpha value is -2.80. The van der Waals surface area contributed by atoms with Gasteiger partial charge in [-0.1, -0.05) is 24.3 Å². The third-order valence-corrected chi connectivity index (χ3v) is 4.97. The minimum Gasteiger partial charge on any atom is -0.478 e. The van der Waals surface area contributed by atoms with Crippen molar-refractivity contribution in [3.8, 4) is 0 Å². The lowest BCUT2D eigenvalue weighted by atomic mass is 10.2. The molecular formula is C18H16N2O4S. The monoisotopic (exact) mass is 356 g/mol. The van der Waals surface area contributed by atoms with Crippen LogP contribution in [-0.2, 0) is 9.59 Å². The average molecular weight is 356 g/mol. The van der Waals surface area contributed by atoms with Crippen LogP contribution < -0.4 is 10.2 Å². The molecule has 7 heteroatoms. The molecule has 1 heterocycles. The number of hydrogen-bond acceptors (Lipinski definition) is 4. The molecule has 0 saturated heterocycles. The Labute approximate surface area is 148 Å². The van der Waals surface area contributed by atoms with E-state index in [1.165, 1.54) is 22.7 Å². The van der Waals surface area contributed by atoms with Crippen LogP contribution in [0.5, 0.6) is 0 Å². The quantitative estimate of drug-likeness (QED) is 0.823. The number of anilines is 2. The summed E-state index contributed by atoms with van der Waals surface area (Å²) in [7, 11) is 0. The molecule has 2 amide bonds. The first-order chi connectivity index (χ1) is 12.0. The summed E-state index contributed by atoms with van der Waals surface area (Å²) in [5, 5.41) is 11.5. The van der Waals surface area contributed by atoms with Crippen LogP contribution >= 0.6 is 11.8 Å². The summed E-state index contributed by atoms with van der Waals surface area (Å²) in [5.74, 6) is -1.53. The Bertz CT molecular complexity index is 852. The lowest BCUT2D eigenvalue weighted by Gasteiger charge is -2.31. The van der Waals surface area contributed by atoms with E-state index in [-0.39, 0.29) is 23.9 Å². The summed E-state index contributed by atoms with van der Waals surface area (Å²) in [5.41, 5.74) is 1.39. The van der Waals surface area contributed by atoms with Crippen molar-refractivity contribution < 1.29 is 19.5 Å². The van der Waals surface area contributed by atoms with E-state index in [1.807, 2.05) is 0 Å². The van der Waals surface area contributed by atoms with Crippen molar-refractivity contribution in [3.63, 3.8) is 0 Å². The number of thioether (sulfide) groups is 1. The van der Waals surface area contributed by atoms with E-state index in [9.17, 15) is 19.5 Å². The smallest absolute Gasteiger partial charge is 0.336 e. The molecule has 3 rings (SSSR count). The fourth-order valence-corrected chi connectivity index (χ4v) is 3.68. The Balaban J connectivity index is 1.84. The Kier molecular flexibility index (Phi) is 4.76. The molecule has 6 nitrogen and oxygen atoms in total. The molecule has 2 aromatic carbocycles. The number of carboxylic acid groups (broad SMARTS) is 1. The van der Waals surface area contributed by atoms with Crippen LogP contribution in [0.15, 0.2) is 53.4 Å². The topological polar surface area (TPSA) is 86.7 Å². The second-order valence-electron chi connectivity index (χ2n) is 5.55.